The Morgan fingerprint density at radius 3 is 0.873 bits per heavy atom. The van der Waals surface area contributed by atoms with Crippen LogP contribution in [0.3, 0.4) is 0 Å². The zero-order valence-corrected chi connectivity index (χ0v) is 68.4. The standard InChI is InChI=1S/C83H158O17P2/c1-8-10-11-12-13-14-15-16-21-28-33-38-43-52-59-66-83(88)100-79(71-94-81(86)65-58-51-46-45-48-55-62-75(5)6)73-98-102(91,92)96-69-77(84)68-95-101(89,90)97-72-78(99-82(87)67-60-53-44-39-34-29-24-25-30-35-40-47-54-61-74(3)4)70-93-80(85)64-57-50-42-37-32-27-23-20-18-17-19-22-26-31-36-41-49-56-63-76(7)9-2/h14-16,21,74-79,84H,8-13,17-20,22-73H2,1-7H3,(H,89,90)(H,91,92)/b15-14-,21-16-/t76?,77-,78-,79-/m1/s1. The number of phosphoric ester groups is 2. The van der Waals surface area contributed by atoms with E-state index in [1.165, 1.54) is 199 Å². The molecule has 17 nitrogen and oxygen atoms in total. The third-order valence-electron chi connectivity index (χ3n) is 19.1. The fraction of sp³-hybridized carbons (Fsp3) is 0.904. The van der Waals surface area contributed by atoms with Gasteiger partial charge in [-0.25, -0.2) is 9.13 Å². The van der Waals surface area contributed by atoms with Gasteiger partial charge >= 0.3 is 39.5 Å². The Labute approximate surface area is 624 Å². The molecule has 0 saturated heterocycles. The molecule has 0 aromatic heterocycles. The van der Waals surface area contributed by atoms with E-state index < -0.39 is 97.5 Å². The molecule has 0 spiro atoms. The lowest BCUT2D eigenvalue weighted by molar-refractivity contribution is -0.161. The van der Waals surface area contributed by atoms with Crippen LogP contribution in [0.25, 0.3) is 0 Å². The molecule has 0 saturated carbocycles. The van der Waals surface area contributed by atoms with Crippen LogP contribution in [0.15, 0.2) is 24.3 Å². The van der Waals surface area contributed by atoms with Gasteiger partial charge in [0.15, 0.2) is 12.2 Å². The number of hydrogen-bond acceptors (Lipinski definition) is 15. The second-order valence-electron chi connectivity index (χ2n) is 30.4. The van der Waals surface area contributed by atoms with Crippen LogP contribution in [0.1, 0.15) is 408 Å². The van der Waals surface area contributed by atoms with Crippen LogP contribution in [0.2, 0.25) is 0 Å². The van der Waals surface area contributed by atoms with Crippen LogP contribution in [0.5, 0.6) is 0 Å². The number of hydrogen-bond donors (Lipinski definition) is 3. The maximum Gasteiger partial charge on any atom is 0.472 e. The van der Waals surface area contributed by atoms with E-state index in [1.807, 2.05) is 0 Å². The van der Waals surface area contributed by atoms with Crippen LogP contribution in [-0.2, 0) is 65.4 Å². The van der Waals surface area contributed by atoms with Crippen molar-refractivity contribution in [2.24, 2.45) is 17.8 Å². The fourth-order valence-corrected chi connectivity index (χ4v) is 13.8. The van der Waals surface area contributed by atoms with Crippen molar-refractivity contribution in [1.29, 1.82) is 0 Å². The molecule has 602 valence electrons. The van der Waals surface area contributed by atoms with Gasteiger partial charge in [0.05, 0.1) is 26.4 Å². The first kappa shape index (κ1) is 99.5. The second kappa shape index (κ2) is 72.7. The highest BCUT2D eigenvalue weighted by atomic mass is 31.2. The summed E-state index contributed by atoms with van der Waals surface area (Å²) in [6.45, 7) is 11.9. The van der Waals surface area contributed by atoms with Gasteiger partial charge in [-0.1, -0.05) is 355 Å². The van der Waals surface area contributed by atoms with Crippen LogP contribution in [0, 0.1) is 17.8 Å². The molecule has 0 fully saturated rings. The lowest BCUT2D eigenvalue weighted by atomic mass is 9.99. The maximum atomic E-state index is 13.1. The summed E-state index contributed by atoms with van der Waals surface area (Å²) in [5, 5.41) is 10.6. The van der Waals surface area contributed by atoms with Gasteiger partial charge in [0.25, 0.3) is 0 Å². The smallest absolute Gasteiger partial charge is 0.462 e. The van der Waals surface area contributed by atoms with E-state index >= 15 is 0 Å². The molecule has 0 heterocycles. The Hall–Kier alpha value is -2.46. The van der Waals surface area contributed by atoms with Crippen molar-refractivity contribution in [3.05, 3.63) is 24.3 Å². The molecule has 3 N–H and O–H groups in total. The molecule has 102 heavy (non-hydrogen) atoms. The van der Waals surface area contributed by atoms with E-state index in [4.69, 9.17) is 37.0 Å². The van der Waals surface area contributed by atoms with Gasteiger partial charge in [0.2, 0.25) is 0 Å². The van der Waals surface area contributed by atoms with Crippen molar-refractivity contribution in [3.63, 3.8) is 0 Å². The van der Waals surface area contributed by atoms with Crippen molar-refractivity contribution in [1.82, 2.24) is 0 Å². The molecule has 6 atom stereocenters. The Bertz CT molecular complexity index is 2070. The predicted octanol–water partition coefficient (Wildman–Crippen LogP) is 24.5. The van der Waals surface area contributed by atoms with Gasteiger partial charge in [-0.2, -0.15) is 0 Å². The summed E-state index contributed by atoms with van der Waals surface area (Å²) >= 11 is 0. The largest absolute Gasteiger partial charge is 0.472 e. The van der Waals surface area contributed by atoms with Crippen LogP contribution in [0.4, 0.5) is 0 Å². The molecule has 3 unspecified atom stereocenters. The van der Waals surface area contributed by atoms with E-state index in [0.29, 0.717) is 31.6 Å². The maximum absolute atomic E-state index is 13.1. The summed E-state index contributed by atoms with van der Waals surface area (Å²) in [6, 6.07) is 0. The summed E-state index contributed by atoms with van der Waals surface area (Å²) in [5.74, 6) is 0.191. The van der Waals surface area contributed by atoms with Gasteiger partial charge in [0.1, 0.15) is 19.3 Å². The molecule has 0 aliphatic heterocycles. The van der Waals surface area contributed by atoms with Crippen molar-refractivity contribution < 1.29 is 80.2 Å². The van der Waals surface area contributed by atoms with Crippen molar-refractivity contribution in [3.8, 4) is 0 Å². The fourth-order valence-electron chi connectivity index (χ4n) is 12.3. The lowest BCUT2D eigenvalue weighted by Crippen LogP contribution is -2.30. The summed E-state index contributed by atoms with van der Waals surface area (Å²) in [7, 11) is -9.93. The Morgan fingerprint density at radius 1 is 0.324 bits per heavy atom. The zero-order valence-electron chi connectivity index (χ0n) is 66.6. The first-order valence-electron chi connectivity index (χ1n) is 42.2. The number of aliphatic hydroxyl groups excluding tert-OH is 1. The number of unbranched alkanes of at least 4 members (excludes halogenated alkanes) is 43. The quantitative estimate of drug-likeness (QED) is 0.0169. The molecule has 0 bridgehead atoms. The average Bonchev–Trinajstić information content (AvgIpc) is 0.916. The summed E-state index contributed by atoms with van der Waals surface area (Å²) < 4.78 is 68.7. The van der Waals surface area contributed by atoms with Gasteiger partial charge in [-0.3, -0.25) is 37.3 Å². The van der Waals surface area contributed by atoms with Crippen molar-refractivity contribution >= 4 is 39.5 Å². The minimum Gasteiger partial charge on any atom is -0.462 e. The SMILES string of the molecule is CCCCCC/C=C\C=C/CCCCCCCC(=O)O[C@H](COC(=O)CCCCCCCCC(C)C)COP(=O)(O)OC[C@H](O)COP(=O)(O)OC[C@@H](COC(=O)CCCCCCCCCCCCCCCCCCCCC(C)CC)OC(=O)CCCCCCCCCCCCCCCC(C)C. The first-order valence-corrected chi connectivity index (χ1v) is 45.2. The molecular weight excluding hydrogens is 1330 g/mol. The molecule has 0 aromatic carbocycles. The van der Waals surface area contributed by atoms with Gasteiger partial charge < -0.3 is 33.8 Å². The van der Waals surface area contributed by atoms with Crippen LogP contribution >= 0.6 is 15.6 Å². The monoisotopic (exact) mass is 1490 g/mol. The normalized spacial score (nSPS) is 14.4. The number of carbonyl (C=O) groups excluding carboxylic acids is 4. The number of ether oxygens (including phenoxy) is 4. The Balaban J connectivity index is 5.22. The van der Waals surface area contributed by atoms with Gasteiger partial charge in [-0.15, -0.1) is 0 Å². The van der Waals surface area contributed by atoms with Crippen molar-refractivity contribution in [2.75, 3.05) is 39.6 Å². The molecule has 0 aromatic rings. The van der Waals surface area contributed by atoms with E-state index in [2.05, 4.69) is 72.8 Å². The van der Waals surface area contributed by atoms with Gasteiger partial charge in [0, 0.05) is 25.7 Å². The summed E-state index contributed by atoms with van der Waals surface area (Å²) in [6.07, 6.45) is 64.8. The molecule has 0 amide bonds. The lowest BCUT2D eigenvalue weighted by Gasteiger charge is -2.21. The molecule has 0 aliphatic carbocycles. The number of carbonyl (C=O) groups is 4. The number of phosphoric acid groups is 2. The highest BCUT2D eigenvalue weighted by molar-refractivity contribution is 7.47. The molecule has 0 radical (unpaired) electrons. The second-order valence-corrected chi connectivity index (χ2v) is 33.3. The average molecular weight is 1490 g/mol. The van der Waals surface area contributed by atoms with Gasteiger partial charge in [-0.05, 0) is 69.1 Å². The minimum absolute atomic E-state index is 0.0839. The summed E-state index contributed by atoms with van der Waals surface area (Å²) in [4.78, 5) is 73.0. The van der Waals surface area contributed by atoms with Crippen LogP contribution < -0.4 is 0 Å². The third kappa shape index (κ3) is 74.4. The molecule has 19 heteroatoms. The Kier molecular flexibility index (Phi) is 71.0. The number of esters is 4. The zero-order chi connectivity index (χ0) is 75.1. The predicted molar refractivity (Wildman–Crippen MR) is 418 cm³/mol. The van der Waals surface area contributed by atoms with Crippen molar-refractivity contribution in [2.45, 2.75) is 426 Å². The molecule has 0 rings (SSSR count). The van der Waals surface area contributed by atoms with E-state index in [0.717, 1.165) is 121 Å². The van der Waals surface area contributed by atoms with E-state index in [9.17, 15) is 43.2 Å². The number of rotatable bonds is 79. The molecular formula is C83H158O17P2. The number of allylic oxidation sites excluding steroid dienone is 4. The minimum atomic E-state index is -4.97. The third-order valence-corrected chi connectivity index (χ3v) is 21.0. The first-order chi connectivity index (χ1) is 49.3. The topological polar surface area (TPSA) is 237 Å². The molecule has 0 aliphatic rings. The highest BCUT2D eigenvalue weighted by Gasteiger charge is 2.30. The number of aliphatic hydroxyl groups is 1. The highest BCUT2D eigenvalue weighted by Crippen LogP contribution is 2.45. The summed E-state index contributed by atoms with van der Waals surface area (Å²) in [5.41, 5.74) is 0. The Morgan fingerprint density at radius 2 is 0.578 bits per heavy atom. The van der Waals surface area contributed by atoms with E-state index in [-0.39, 0.29) is 25.7 Å². The van der Waals surface area contributed by atoms with Crippen LogP contribution in [-0.4, -0.2) is 96.7 Å². The van der Waals surface area contributed by atoms with E-state index in [1.54, 1.807) is 0 Å².